The van der Waals surface area contributed by atoms with E-state index < -0.39 is 0 Å². The molecule has 2 heterocycles. The molecule has 0 saturated heterocycles. The molecule has 0 bridgehead atoms. The first kappa shape index (κ1) is 8.99. The van der Waals surface area contributed by atoms with Gasteiger partial charge in [0.15, 0.2) is 0 Å². The molecule has 0 aromatic carbocycles. The number of hydrogen-bond acceptors (Lipinski definition) is 3. The third-order valence-corrected chi connectivity index (χ3v) is 2.31. The van der Waals surface area contributed by atoms with Crippen LogP contribution in [0, 0.1) is 0 Å². The Balaban J connectivity index is 2.21. The van der Waals surface area contributed by atoms with Crippen molar-refractivity contribution < 1.29 is 9.53 Å². The van der Waals surface area contributed by atoms with Crippen molar-refractivity contribution in [3.05, 3.63) is 24.0 Å². The molecule has 0 atom stereocenters. The van der Waals surface area contributed by atoms with Gasteiger partial charge in [-0.1, -0.05) is 0 Å². The average Bonchev–Trinajstić information content (AvgIpc) is 2.66. The number of carbonyl (C=O) groups is 1. The molecule has 0 N–H and O–H groups in total. The molecule has 2 rings (SSSR count). The monoisotopic (exact) mass is 192 g/mol. The summed E-state index contributed by atoms with van der Waals surface area (Å²) in [5.74, 6) is -0.238. The molecule has 0 spiro atoms. The van der Waals surface area contributed by atoms with Crippen molar-refractivity contribution in [2.24, 2.45) is 4.99 Å². The molecular formula is C10H12N2O2. The summed E-state index contributed by atoms with van der Waals surface area (Å²) >= 11 is 0. The lowest BCUT2D eigenvalue weighted by Gasteiger charge is -2.15. The van der Waals surface area contributed by atoms with E-state index in [1.807, 2.05) is 18.3 Å². The number of ether oxygens (including phenoxy) is 1. The molecule has 74 valence electrons. The van der Waals surface area contributed by atoms with Crippen LogP contribution in [-0.4, -0.2) is 29.9 Å². The van der Waals surface area contributed by atoms with Gasteiger partial charge in [0.25, 0.3) is 0 Å². The maximum Gasteiger partial charge on any atom is 0.311 e. The Labute approximate surface area is 82.2 Å². The van der Waals surface area contributed by atoms with E-state index in [-0.39, 0.29) is 12.4 Å². The van der Waals surface area contributed by atoms with Crippen molar-refractivity contribution in [2.75, 3.05) is 13.7 Å². The zero-order valence-electron chi connectivity index (χ0n) is 8.06. The molecule has 0 radical (unpaired) electrons. The molecule has 1 aromatic rings. The second-order valence-corrected chi connectivity index (χ2v) is 3.17. The molecule has 1 aliphatic rings. The topological polar surface area (TPSA) is 43.6 Å². The number of rotatable bonds is 2. The summed E-state index contributed by atoms with van der Waals surface area (Å²) in [6.07, 6.45) is 2.27. The van der Waals surface area contributed by atoms with Crippen molar-refractivity contribution in [3.63, 3.8) is 0 Å². The highest BCUT2D eigenvalue weighted by molar-refractivity contribution is 6.08. The highest BCUT2D eigenvalue weighted by Crippen LogP contribution is 2.11. The summed E-state index contributed by atoms with van der Waals surface area (Å²) in [6.45, 7) is 1.64. The Hall–Kier alpha value is -1.58. The Kier molecular flexibility index (Phi) is 2.35. The molecule has 0 fully saturated rings. The molecule has 0 unspecified atom stereocenters. The van der Waals surface area contributed by atoms with Crippen LogP contribution in [0.4, 0.5) is 0 Å². The second-order valence-electron chi connectivity index (χ2n) is 3.17. The zero-order valence-corrected chi connectivity index (χ0v) is 8.06. The van der Waals surface area contributed by atoms with Gasteiger partial charge >= 0.3 is 5.97 Å². The van der Waals surface area contributed by atoms with Crippen LogP contribution in [0.3, 0.4) is 0 Å². The first-order chi connectivity index (χ1) is 6.81. The minimum atomic E-state index is -0.238. The standard InChI is InChI=1S/C10H12N2O2/c1-14-10(13)7-8-9-3-2-5-12(9)6-4-11-8/h2-3,5H,4,6-7H2,1H3. The molecule has 1 aromatic heterocycles. The Morgan fingerprint density at radius 3 is 3.36 bits per heavy atom. The number of nitrogens with zero attached hydrogens (tertiary/aromatic N) is 2. The fourth-order valence-electron chi connectivity index (χ4n) is 1.60. The Morgan fingerprint density at radius 2 is 2.57 bits per heavy atom. The fraction of sp³-hybridized carbons (Fsp3) is 0.400. The van der Waals surface area contributed by atoms with Crippen LogP contribution in [0.5, 0.6) is 0 Å². The van der Waals surface area contributed by atoms with E-state index in [2.05, 4.69) is 14.3 Å². The Morgan fingerprint density at radius 1 is 1.71 bits per heavy atom. The maximum absolute atomic E-state index is 11.1. The summed E-state index contributed by atoms with van der Waals surface area (Å²) < 4.78 is 6.72. The number of methoxy groups -OCH3 is 1. The first-order valence-electron chi connectivity index (χ1n) is 4.57. The molecule has 0 aliphatic carbocycles. The molecule has 14 heavy (non-hydrogen) atoms. The van der Waals surface area contributed by atoms with Gasteiger partial charge in [0, 0.05) is 12.7 Å². The van der Waals surface area contributed by atoms with Gasteiger partial charge in [0.05, 0.1) is 31.5 Å². The largest absolute Gasteiger partial charge is 0.469 e. The maximum atomic E-state index is 11.1. The number of aromatic nitrogens is 1. The van der Waals surface area contributed by atoms with Crippen molar-refractivity contribution in [1.29, 1.82) is 0 Å². The number of aliphatic imine (C=N–C) groups is 1. The number of fused-ring (bicyclic) bond motifs is 1. The predicted octanol–water partition coefficient (Wildman–Crippen LogP) is 0.854. The van der Waals surface area contributed by atoms with Gasteiger partial charge in [0.2, 0.25) is 0 Å². The lowest BCUT2D eigenvalue weighted by atomic mass is 10.2. The SMILES string of the molecule is COC(=O)CC1=NCCn2cccc21. The van der Waals surface area contributed by atoms with Gasteiger partial charge in [-0.2, -0.15) is 0 Å². The smallest absolute Gasteiger partial charge is 0.311 e. The van der Waals surface area contributed by atoms with Crippen LogP contribution in [0.1, 0.15) is 12.1 Å². The normalized spacial score (nSPS) is 14.5. The first-order valence-corrected chi connectivity index (χ1v) is 4.57. The quantitative estimate of drug-likeness (QED) is 0.652. The van der Waals surface area contributed by atoms with Crippen LogP contribution >= 0.6 is 0 Å². The van der Waals surface area contributed by atoms with Gasteiger partial charge in [-0.3, -0.25) is 9.79 Å². The lowest BCUT2D eigenvalue weighted by molar-refractivity contribution is -0.139. The molecular weight excluding hydrogens is 180 g/mol. The number of hydrogen-bond donors (Lipinski definition) is 0. The molecule has 4 nitrogen and oxygen atoms in total. The zero-order chi connectivity index (χ0) is 9.97. The van der Waals surface area contributed by atoms with Gasteiger partial charge in [-0.15, -0.1) is 0 Å². The van der Waals surface area contributed by atoms with E-state index in [0.29, 0.717) is 0 Å². The van der Waals surface area contributed by atoms with Crippen LogP contribution in [0.2, 0.25) is 0 Å². The van der Waals surface area contributed by atoms with Crippen LogP contribution < -0.4 is 0 Å². The minimum Gasteiger partial charge on any atom is -0.469 e. The van der Waals surface area contributed by atoms with E-state index in [0.717, 1.165) is 24.5 Å². The highest BCUT2D eigenvalue weighted by Gasteiger charge is 2.16. The minimum absolute atomic E-state index is 0.238. The van der Waals surface area contributed by atoms with E-state index >= 15 is 0 Å². The van der Waals surface area contributed by atoms with Crippen molar-refractivity contribution in [1.82, 2.24) is 4.57 Å². The van der Waals surface area contributed by atoms with Crippen molar-refractivity contribution in [3.8, 4) is 0 Å². The van der Waals surface area contributed by atoms with Gasteiger partial charge in [0.1, 0.15) is 0 Å². The lowest BCUT2D eigenvalue weighted by Crippen LogP contribution is -2.20. The summed E-state index contributed by atoms with van der Waals surface area (Å²) in [6, 6.07) is 3.94. The number of esters is 1. The third-order valence-electron chi connectivity index (χ3n) is 2.31. The van der Waals surface area contributed by atoms with Gasteiger partial charge in [-0.05, 0) is 12.1 Å². The fourth-order valence-corrected chi connectivity index (χ4v) is 1.60. The summed E-state index contributed by atoms with van der Waals surface area (Å²) in [5, 5.41) is 0. The summed E-state index contributed by atoms with van der Waals surface area (Å²) in [5.41, 5.74) is 1.86. The highest BCUT2D eigenvalue weighted by atomic mass is 16.5. The summed E-state index contributed by atoms with van der Waals surface area (Å²) in [7, 11) is 1.39. The molecule has 4 heteroatoms. The molecule has 0 amide bonds. The van der Waals surface area contributed by atoms with Crippen LogP contribution in [0.25, 0.3) is 0 Å². The molecule has 1 aliphatic heterocycles. The van der Waals surface area contributed by atoms with Crippen LogP contribution in [-0.2, 0) is 16.1 Å². The van der Waals surface area contributed by atoms with E-state index in [9.17, 15) is 4.79 Å². The van der Waals surface area contributed by atoms with Crippen molar-refractivity contribution in [2.45, 2.75) is 13.0 Å². The predicted molar refractivity (Wildman–Crippen MR) is 52.5 cm³/mol. The third kappa shape index (κ3) is 1.55. The van der Waals surface area contributed by atoms with E-state index in [1.54, 1.807) is 0 Å². The van der Waals surface area contributed by atoms with Gasteiger partial charge in [-0.25, -0.2) is 0 Å². The van der Waals surface area contributed by atoms with Crippen molar-refractivity contribution >= 4 is 11.7 Å². The van der Waals surface area contributed by atoms with Crippen LogP contribution in [0.15, 0.2) is 23.3 Å². The van der Waals surface area contributed by atoms with Gasteiger partial charge < -0.3 is 9.30 Å². The van der Waals surface area contributed by atoms with E-state index in [1.165, 1.54) is 7.11 Å². The Bertz CT molecular complexity index is 379. The van der Waals surface area contributed by atoms with E-state index in [4.69, 9.17) is 0 Å². The summed E-state index contributed by atoms with van der Waals surface area (Å²) in [4.78, 5) is 15.4. The number of carbonyl (C=O) groups excluding carboxylic acids is 1. The second kappa shape index (κ2) is 3.65. The average molecular weight is 192 g/mol. The molecule has 0 saturated carbocycles.